The number of rotatable bonds is 3. The van der Waals surface area contributed by atoms with Gasteiger partial charge < -0.3 is 9.47 Å². The van der Waals surface area contributed by atoms with Gasteiger partial charge in [-0.05, 0) is 30.3 Å². The van der Waals surface area contributed by atoms with E-state index in [0.29, 0.717) is 11.3 Å². The molecule has 0 fully saturated rings. The van der Waals surface area contributed by atoms with Crippen LogP contribution in [0.3, 0.4) is 0 Å². The summed E-state index contributed by atoms with van der Waals surface area (Å²) in [5.41, 5.74) is 0.548. The Morgan fingerprint density at radius 2 is 1.65 bits per heavy atom. The van der Waals surface area contributed by atoms with Gasteiger partial charge in [-0.3, -0.25) is 0 Å². The number of ether oxygens (including phenoxy) is 2. The highest BCUT2D eigenvalue weighted by Crippen LogP contribution is 2.29. The smallest absolute Gasteiger partial charge is 0.167 e. The molecule has 0 unspecified atom stereocenters. The van der Waals surface area contributed by atoms with Crippen molar-refractivity contribution in [3.8, 4) is 29.4 Å². The number of methoxy groups -OCH3 is 1. The van der Waals surface area contributed by atoms with Crippen LogP contribution >= 0.6 is 0 Å². The van der Waals surface area contributed by atoms with E-state index in [1.54, 1.807) is 12.1 Å². The van der Waals surface area contributed by atoms with Gasteiger partial charge in [-0.15, -0.1) is 0 Å². The molecular weight excluding hydrogens is 259 g/mol. The topological polar surface area (TPSA) is 66.0 Å². The van der Waals surface area contributed by atoms with Crippen molar-refractivity contribution in [2.24, 2.45) is 0 Å². The largest absolute Gasteiger partial charge is 0.497 e. The molecule has 0 aliphatic carbocycles. The third-order valence-electron chi connectivity index (χ3n) is 2.53. The van der Waals surface area contributed by atoms with E-state index in [4.69, 9.17) is 20.0 Å². The van der Waals surface area contributed by atoms with Gasteiger partial charge in [0.1, 0.15) is 11.5 Å². The molecule has 0 radical (unpaired) electrons. The lowest BCUT2D eigenvalue weighted by atomic mass is 10.2. The molecule has 0 aliphatic rings. The summed E-state index contributed by atoms with van der Waals surface area (Å²) in [6.07, 6.45) is 0. The van der Waals surface area contributed by atoms with Gasteiger partial charge in [-0.2, -0.15) is 10.5 Å². The Bertz CT molecular complexity index is 730. The third-order valence-corrected chi connectivity index (χ3v) is 2.53. The second kappa shape index (κ2) is 5.73. The molecular formula is C15H9FN2O2. The maximum Gasteiger partial charge on any atom is 0.167 e. The van der Waals surface area contributed by atoms with Crippen LogP contribution in [-0.4, -0.2) is 7.11 Å². The minimum Gasteiger partial charge on any atom is -0.497 e. The Kier molecular flexibility index (Phi) is 3.83. The SMILES string of the molecule is COc1cc(C#N)cc(Oc2ccc(C#N)cc2F)c1. The van der Waals surface area contributed by atoms with Crippen LogP contribution in [0.1, 0.15) is 11.1 Å². The minimum absolute atomic E-state index is 0.0267. The van der Waals surface area contributed by atoms with Gasteiger partial charge in [-0.1, -0.05) is 0 Å². The van der Waals surface area contributed by atoms with Crippen molar-refractivity contribution in [3.05, 3.63) is 53.3 Å². The van der Waals surface area contributed by atoms with Gasteiger partial charge in [0.05, 0.1) is 30.4 Å². The Balaban J connectivity index is 2.35. The number of hydrogen-bond acceptors (Lipinski definition) is 4. The van der Waals surface area contributed by atoms with Gasteiger partial charge in [-0.25, -0.2) is 4.39 Å². The average Bonchev–Trinajstić information content (AvgIpc) is 2.48. The lowest BCUT2D eigenvalue weighted by Crippen LogP contribution is -1.92. The summed E-state index contributed by atoms with van der Waals surface area (Å²) in [5, 5.41) is 17.6. The zero-order valence-electron chi connectivity index (χ0n) is 10.6. The van der Waals surface area contributed by atoms with Crippen LogP contribution in [0.15, 0.2) is 36.4 Å². The van der Waals surface area contributed by atoms with Crippen LogP contribution in [-0.2, 0) is 0 Å². The lowest BCUT2D eigenvalue weighted by molar-refractivity contribution is 0.405. The van der Waals surface area contributed by atoms with Crippen molar-refractivity contribution in [3.63, 3.8) is 0 Å². The van der Waals surface area contributed by atoms with E-state index in [9.17, 15) is 4.39 Å². The molecule has 0 saturated heterocycles. The molecule has 20 heavy (non-hydrogen) atoms. The van der Waals surface area contributed by atoms with Crippen molar-refractivity contribution in [1.29, 1.82) is 10.5 Å². The summed E-state index contributed by atoms with van der Waals surface area (Å²) in [6.45, 7) is 0. The van der Waals surface area contributed by atoms with Gasteiger partial charge in [0, 0.05) is 6.07 Å². The Morgan fingerprint density at radius 3 is 2.25 bits per heavy atom. The summed E-state index contributed by atoms with van der Waals surface area (Å²) in [4.78, 5) is 0. The first-order chi connectivity index (χ1) is 9.66. The molecule has 0 N–H and O–H groups in total. The summed E-state index contributed by atoms with van der Waals surface area (Å²) < 4.78 is 24.1. The molecule has 0 aliphatic heterocycles. The third kappa shape index (κ3) is 2.85. The number of nitriles is 2. The Hall–Kier alpha value is -3.05. The predicted octanol–water partition coefficient (Wildman–Crippen LogP) is 3.37. The van der Waals surface area contributed by atoms with Gasteiger partial charge >= 0.3 is 0 Å². The zero-order valence-corrected chi connectivity index (χ0v) is 10.6. The monoisotopic (exact) mass is 268 g/mol. The first-order valence-electron chi connectivity index (χ1n) is 5.63. The molecule has 0 bridgehead atoms. The summed E-state index contributed by atoms with van der Waals surface area (Å²) in [6, 6.07) is 12.2. The predicted molar refractivity (Wildman–Crippen MR) is 68.9 cm³/mol. The highest BCUT2D eigenvalue weighted by Gasteiger charge is 2.08. The highest BCUT2D eigenvalue weighted by atomic mass is 19.1. The van der Waals surface area contributed by atoms with Gasteiger partial charge in [0.2, 0.25) is 0 Å². The second-order valence-electron chi connectivity index (χ2n) is 3.87. The molecule has 0 saturated carbocycles. The van der Waals surface area contributed by atoms with E-state index in [1.807, 2.05) is 12.1 Å². The lowest BCUT2D eigenvalue weighted by Gasteiger charge is -2.09. The van der Waals surface area contributed by atoms with Crippen molar-refractivity contribution < 1.29 is 13.9 Å². The van der Waals surface area contributed by atoms with Gasteiger partial charge in [0.15, 0.2) is 11.6 Å². The summed E-state index contributed by atoms with van der Waals surface area (Å²) >= 11 is 0. The number of hydrogen-bond donors (Lipinski definition) is 0. The molecule has 5 heteroatoms. The van der Waals surface area contributed by atoms with Crippen LogP contribution in [0.5, 0.6) is 17.2 Å². The minimum atomic E-state index is -0.648. The normalized spacial score (nSPS) is 9.40. The van der Waals surface area contributed by atoms with E-state index in [1.165, 1.54) is 25.3 Å². The summed E-state index contributed by atoms with van der Waals surface area (Å²) in [5.74, 6) is 0.0455. The van der Waals surface area contributed by atoms with Crippen molar-refractivity contribution in [2.45, 2.75) is 0 Å². The fourth-order valence-electron chi connectivity index (χ4n) is 1.59. The first-order valence-corrected chi connectivity index (χ1v) is 5.63. The van der Waals surface area contributed by atoms with E-state index in [2.05, 4.69) is 0 Å². The van der Waals surface area contributed by atoms with Gasteiger partial charge in [0.25, 0.3) is 0 Å². The molecule has 0 heterocycles. The van der Waals surface area contributed by atoms with Crippen LogP contribution in [0.25, 0.3) is 0 Å². The maximum absolute atomic E-state index is 13.7. The molecule has 2 aromatic carbocycles. The first kappa shape index (κ1) is 13.4. The fourth-order valence-corrected chi connectivity index (χ4v) is 1.59. The van der Waals surface area contributed by atoms with E-state index in [0.717, 1.165) is 6.07 Å². The van der Waals surface area contributed by atoms with E-state index in [-0.39, 0.29) is 17.1 Å². The van der Waals surface area contributed by atoms with Crippen LogP contribution in [0.4, 0.5) is 4.39 Å². The fraction of sp³-hybridized carbons (Fsp3) is 0.0667. The molecule has 4 nitrogen and oxygen atoms in total. The molecule has 2 aromatic rings. The molecule has 0 aromatic heterocycles. The van der Waals surface area contributed by atoms with Crippen molar-refractivity contribution in [2.75, 3.05) is 7.11 Å². The number of nitrogens with zero attached hydrogens (tertiary/aromatic N) is 2. The quantitative estimate of drug-likeness (QED) is 0.855. The molecule has 0 spiro atoms. The second-order valence-corrected chi connectivity index (χ2v) is 3.87. The molecule has 0 atom stereocenters. The Morgan fingerprint density at radius 1 is 0.950 bits per heavy atom. The summed E-state index contributed by atoms with van der Waals surface area (Å²) in [7, 11) is 1.46. The van der Waals surface area contributed by atoms with Crippen molar-refractivity contribution >= 4 is 0 Å². The number of benzene rings is 2. The maximum atomic E-state index is 13.7. The van der Waals surface area contributed by atoms with E-state index >= 15 is 0 Å². The average molecular weight is 268 g/mol. The van der Waals surface area contributed by atoms with E-state index < -0.39 is 5.82 Å². The van der Waals surface area contributed by atoms with Crippen LogP contribution in [0, 0.1) is 28.5 Å². The van der Waals surface area contributed by atoms with Crippen LogP contribution < -0.4 is 9.47 Å². The van der Waals surface area contributed by atoms with Crippen LogP contribution in [0.2, 0.25) is 0 Å². The molecule has 98 valence electrons. The Labute approximate surface area is 115 Å². The number of halogens is 1. The molecule has 0 amide bonds. The zero-order chi connectivity index (χ0) is 14.5. The molecule has 2 rings (SSSR count). The highest BCUT2D eigenvalue weighted by molar-refractivity contribution is 5.46. The van der Waals surface area contributed by atoms with Crippen molar-refractivity contribution in [1.82, 2.24) is 0 Å². The standard InChI is InChI=1S/C15H9FN2O2/c1-19-12-4-11(9-18)5-13(7-12)20-15-3-2-10(8-17)6-14(15)16/h2-7H,1H3.